The minimum Gasteiger partial charge on any atom is -0.485 e. The van der Waals surface area contributed by atoms with Crippen LogP contribution in [0.5, 0.6) is 11.5 Å². The van der Waals surface area contributed by atoms with Crippen LogP contribution in [0.4, 0.5) is 5.00 Å². The fourth-order valence-electron chi connectivity index (χ4n) is 3.04. The number of hydrogen-bond donors (Lipinski definition) is 1. The third kappa shape index (κ3) is 4.73. The van der Waals surface area contributed by atoms with E-state index in [1.54, 1.807) is 31.2 Å². The summed E-state index contributed by atoms with van der Waals surface area (Å²) < 4.78 is 21.2. The maximum Gasteiger partial charge on any atom is 0.351 e. The van der Waals surface area contributed by atoms with Gasteiger partial charge in [-0.15, -0.1) is 11.3 Å². The van der Waals surface area contributed by atoms with Crippen LogP contribution < -0.4 is 14.8 Å². The number of nitrogens with one attached hydrogen (secondary N) is 1. The fourth-order valence-corrected chi connectivity index (χ4v) is 4.19. The van der Waals surface area contributed by atoms with Gasteiger partial charge in [-0.1, -0.05) is 19.1 Å². The Balaban J connectivity index is 1.60. The first kappa shape index (κ1) is 21.6. The van der Waals surface area contributed by atoms with Gasteiger partial charge in [-0.2, -0.15) is 0 Å². The average molecular weight is 433 g/mol. The van der Waals surface area contributed by atoms with Crippen molar-refractivity contribution < 1.29 is 33.3 Å². The van der Waals surface area contributed by atoms with Gasteiger partial charge in [0.1, 0.15) is 11.6 Å². The number of thiophene rings is 1. The number of hydrogen-bond acceptors (Lipinski definition) is 8. The van der Waals surface area contributed by atoms with Gasteiger partial charge in [0.05, 0.1) is 12.2 Å². The molecule has 1 aliphatic rings. The molecule has 9 heteroatoms. The summed E-state index contributed by atoms with van der Waals surface area (Å²) in [5, 5.41) is 3.03. The van der Waals surface area contributed by atoms with Crippen LogP contribution >= 0.6 is 11.3 Å². The normalized spacial score (nSPS) is 14.7. The summed E-state index contributed by atoms with van der Waals surface area (Å²) in [6.45, 7) is 5.23. The molecule has 0 fully saturated rings. The molecule has 1 aromatic carbocycles. The van der Waals surface area contributed by atoms with Crippen molar-refractivity contribution in [2.45, 2.75) is 33.3 Å². The molecule has 0 saturated carbocycles. The largest absolute Gasteiger partial charge is 0.485 e. The summed E-state index contributed by atoms with van der Waals surface area (Å²) in [6, 6.07) is 6.98. The van der Waals surface area contributed by atoms with E-state index in [0.717, 1.165) is 10.4 Å². The van der Waals surface area contributed by atoms with Crippen LogP contribution in [0.1, 0.15) is 34.6 Å². The Hall–Kier alpha value is -3.07. The predicted molar refractivity (Wildman–Crippen MR) is 110 cm³/mol. The lowest BCUT2D eigenvalue weighted by Crippen LogP contribution is -2.39. The van der Waals surface area contributed by atoms with E-state index in [-0.39, 0.29) is 13.2 Å². The van der Waals surface area contributed by atoms with Gasteiger partial charge >= 0.3 is 11.9 Å². The standard InChI is InChI=1S/C21H23NO7S/c1-4-13-12(3)30-19(18(13)21(25)26-5-2)22-17(23)11-28-20(24)16-10-27-14-8-6-7-9-15(14)29-16/h6-9,16H,4-5,10-11H2,1-3H3,(H,22,23). The molecule has 30 heavy (non-hydrogen) atoms. The van der Waals surface area contributed by atoms with Crippen molar-refractivity contribution in [2.75, 3.05) is 25.1 Å². The molecule has 0 radical (unpaired) electrons. The van der Waals surface area contributed by atoms with Gasteiger partial charge in [-0.25, -0.2) is 9.59 Å². The van der Waals surface area contributed by atoms with Gasteiger partial charge in [0.15, 0.2) is 18.1 Å². The summed E-state index contributed by atoms with van der Waals surface area (Å²) in [7, 11) is 0. The van der Waals surface area contributed by atoms with Crippen LogP contribution in [0, 0.1) is 6.92 Å². The van der Waals surface area contributed by atoms with Crippen LogP contribution in [0.2, 0.25) is 0 Å². The van der Waals surface area contributed by atoms with Crippen molar-refractivity contribution in [3.05, 3.63) is 40.3 Å². The van der Waals surface area contributed by atoms with Gasteiger partial charge in [0.2, 0.25) is 6.10 Å². The number of rotatable bonds is 7. The Labute approximate surface area is 178 Å². The van der Waals surface area contributed by atoms with Gasteiger partial charge in [0.25, 0.3) is 5.91 Å². The number of esters is 2. The van der Waals surface area contributed by atoms with Crippen molar-refractivity contribution in [1.29, 1.82) is 0 Å². The lowest BCUT2D eigenvalue weighted by atomic mass is 10.1. The summed E-state index contributed by atoms with van der Waals surface area (Å²) >= 11 is 1.28. The number of carbonyl (C=O) groups excluding carboxylic acids is 3. The zero-order valence-electron chi connectivity index (χ0n) is 17.0. The zero-order valence-corrected chi connectivity index (χ0v) is 17.8. The number of para-hydroxylation sites is 2. The van der Waals surface area contributed by atoms with E-state index in [9.17, 15) is 14.4 Å². The first-order valence-corrected chi connectivity index (χ1v) is 10.4. The molecule has 1 aromatic heterocycles. The highest BCUT2D eigenvalue weighted by Crippen LogP contribution is 2.34. The second-order valence-corrected chi connectivity index (χ2v) is 7.66. The number of fused-ring (bicyclic) bond motifs is 1. The molecule has 0 aliphatic carbocycles. The molecule has 3 rings (SSSR count). The molecule has 1 unspecified atom stereocenters. The highest BCUT2D eigenvalue weighted by atomic mass is 32.1. The smallest absolute Gasteiger partial charge is 0.351 e. The summed E-state index contributed by atoms with van der Waals surface area (Å²) in [6.07, 6.45) is -0.333. The van der Waals surface area contributed by atoms with Crippen LogP contribution in [0.3, 0.4) is 0 Å². The molecule has 0 spiro atoms. The van der Waals surface area contributed by atoms with E-state index in [1.165, 1.54) is 11.3 Å². The second-order valence-electron chi connectivity index (χ2n) is 6.44. The molecule has 1 amide bonds. The van der Waals surface area contributed by atoms with Crippen molar-refractivity contribution >= 4 is 34.2 Å². The molecule has 1 atom stereocenters. The molecule has 1 aliphatic heterocycles. The van der Waals surface area contributed by atoms with Gasteiger partial charge in [-0.05, 0) is 38.0 Å². The number of benzene rings is 1. The SMILES string of the molecule is CCOC(=O)c1c(NC(=O)COC(=O)C2COc3ccccc3O2)sc(C)c1CC. The van der Waals surface area contributed by atoms with E-state index >= 15 is 0 Å². The topological polar surface area (TPSA) is 100 Å². The Kier molecular flexibility index (Phi) is 6.94. The summed E-state index contributed by atoms with van der Waals surface area (Å²) in [5.74, 6) is -0.768. The van der Waals surface area contributed by atoms with E-state index in [0.29, 0.717) is 28.5 Å². The summed E-state index contributed by atoms with van der Waals surface area (Å²) in [4.78, 5) is 37.8. The Morgan fingerprint density at radius 2 is 1.90 bits per heavy atom. The predicted octanol–water partition coefficient (Wildman–Crippen LogP) is 3.12. The monoisotopic (exact) mass is 433 g/mol. The van der Waals surface area contributed by atoms with E-state index < -0.39 is 30.6 Å². The van der Waals surface area contributed by atoms with E-state index in [1.807, 2.05) is 13.8 Å². The van der Waals surface area contributed by atoms with E-state index in [2.05, 4.69) is 5.32 Å². The molecule has 2 aromatic rings. The van der Waals surface area contributed by atoms with Crippen LogP contribution in [-0.2, 0) is 25.5 Å². The number of anilines is 1. The number of ether oxygens (including phenoxy) is 4. The van der Waals surface area contributed by atoms with Crippen LogP contribution in [0.15, 0.2) is 24.3 Å². The maximum absolute atomic E-state index is 12.3. The molecular weight excluding hydrogens is 410 g/mol. The zero-order chi connectivity index (χ0) is 21.7. The van der Waals surface area contributed by atoms with Crippen molar-refractivity contribution in [3.63, 3.8) is 0 Å². The number of aryl methyl sites for hydroxylation is 1. The Bertz CT molecular complexity index is 953. The second kappa shape index (κ2) is 9.62. The molecule has 1 N–H and O–H groups in total. The van der Waals surface area contributed by atoms with Gasteiger partial charge < -0.3 is 24.3 Å². The number of amides is 1. The van der Waals surface area contributed by atoms with Gasteiger partial charge in [0, 0.05) is 4.88 Å². The molecule has 2 heterocycles. The number of carbonyl (C=O) groups is 3. The summed E-state index contributed by atoms with van der Waals surface area (Å²) in [5.41, 5.74) is 1.18. The van der Waals surface area contributed by atoms with Crippen molar-refractivity contribution in [2.24, 2.45) is 0 Å². The van der Waals surface area contributed by atoms with Crippen LogP contribution in [0.25, 0.3) is 0 Å². The van der Waals surface area contributed by atoms with Gasteiger partial charge in [-0.3, -0.25) is 4.79 Å². The fraction of sp³-hybridized carbons (Fsp3) is 0.381. The molecule has 8 nitrogen and oxygen atoms in total. The molecule has 0 saturated heterocycles. The van der Waals surface area contributed by atoms with Crippen molar-refractivity contribution in [1.82, 2.24) is 0 Å². The molecule has 0 bridgehead atoms. The first-order chi connectivity index (χ1) is 14.4. The highest BCUT2D eigenvalue weighted by molar-refractivity contribution is 7.16. The highest BCUT2D eigenvalue weighted by Gasteiger charge is 2.29. The Morgan fingerprint density at radius 3 is 2.60 bits per heavy atom. The Morgan fingerprint density at radius 1 is 1.17 bits per heavy atom. The molecule has 160 valence electrons. The third-order valence-electron chi connectivity index (χ3n) is 4.41. The lowest BCUT2D eigenvalue weighted by molar-refractivity contribution is -0.156. The average Bonchev–Trinajstić information content (AvgIpc) is 3.06. The third-order valence-corrected chi connectivity index (χ3v) is 5.47. The minimum atomic E-state index is -0.960. The van der Waals surface area contributed by atoms with Crippen LogP contribution in [-0.4, -0.2) is 43.8 Å². The van der Waals surface area contributed by atoms with E-state index in [4.69, 9.17) is 18.9 Å². The molecular formula is C21H23NO7S. The quantitative estimate of drug-likeness (QED) is 0.670. The first-order valence-electron chi connectivity index (χ1n) is 9.58. The maximum atomic E-state index is 12.3. The minimum absolute atomic E-state index is 0.00550. The lowest BCUT2D eigenvalue weighted by Gasteiger charge is -2.24. The van der Waals surface area contributed by atoms with Crippen molar-refractivity contribution in [3.8, 4) is 11.5 Å².